The molecule has 0 radical (unpaired) electrons. The molecule has 0 saturated heterocycles. The second kappa shape index (κ2) is 13.9. The van der Waals surface area contributed by atoms with Crippen LogP contribution in [0.25, 0.3) is 0 Å². The Kier molecular flexibility index (Phi) is 10.9. The van der Waals surface area contributed by atoms with Crippen LogP contribution >= 0.6 is 11.6 Å². The third-order valence-corrected chi connectivity index (χ3v) is 8.47. The van der Waals surface area contributed by atoms with Crippen molar-refractivity contribution in [2.75, 3.05) is 31.3 Å². The van der Waals surface area contributed by atoms with E-state index in [4.69, 9.17) is 21.1 Å². The predicted octanol–water partition coefficient (Wildman–Crippen LogP) is 4.38. The van der Waals surface area contributed by atoms with Crippen LogP contribution in [0.4, 0.5) is 5.69 Å². The second-order valence-electron chi connectivity index (χ2n) is 9.69. The molecule has 1 atom stereocenters. The molecule has 2 amide bonds. The van der Waals surface area contributed by atoms with E-state index in [1.807, 2.05) is 6.92 Å². The smallest absolute Gasteiger partial charge is 0.244 e. The van der Waals surface area contributed by atoms with Gasteiger partial charge in [0, 0.05) is 23.7 Å². The van der Waals surface area contributed by atoms with E-state index in [0.717, 1.165) is 42.7 Å². The molecular weight excluding hydrogens is 542 g/mol. The normalized spacial score (nSPS) is 14.8. The van der Waals surface area contributed by atoms with Gasteiger partial charge in [0.25, 0.3) is 0 Å². The van der Waals surface area contributed by atoms with Gasteiger partial charge in [-0.1, -0.05) is 56.0 Å². The number of rotatable bonds is 12. The van der Waals surface area contributed by atoms with Crippen LogP contribution in [0.2, 0.25) is 5.02 Å². The van der Waals surface area contributed by atoms with E-state index >= 15 is 0 Å². The molecule has 1 fully saturated rings. The van der Waals surface area contributed by atoms with E-state index in [9.17, 15) is 18.0 Å². The lowest BCUT2D eigenvalue weighted by atomic mass is 9.95. The standard InChI is InChI=1S/C28H38ClN3O6S/c1-5-24(28(34)30-21-12-7-6-8-13-21)31(18-20-11-9-10-14-23(20)29)27(33)19-32(39(4,35)36)25-16-15-22(37-2)17-26(25)38-3/h9-11,14-17,21,24H,5-8,12-13,18-19H2,1-4H3,(H,30,34). The molecule has 0 spiro atoms. The van der Waals surface area contributed by atoms with E-state index in [-0.39, 0.29) is 29.9 Å². The third-order valence-electron chi connectivity index (χ3n) is 6.97. The van der Waals surface area contributed by atoms with E-state index < -0.39 is 28.5 Å². The summed E-state index contributed by atoms with van der Waals surface area (Å²) in [6.45, 7) is 1.35. The lowest BCUT2D eigenvalue weighted by Crippen LogP contribution is -2.54. The Labute approximate surface area is 236 Å². The summed E-state index contributed by atoms with van der Waals surface area (Å²) in [4.78, 5) is 28.8. The zero-order valence-electron chi connectivity index (χ0n) is 23.0. The van der Waals surface area contributed by atoms with Crippen LogP contribution in [0, 0.1) is 0 Å². The van der Waals surface area contributed by atoms with Crippen molar-refractivity contribution in [3.63, 3.8) is 0 Å². The largest absolute Gasteiger partial charge is 0.497 e. The van der Waals surface area contributed by atoms with Gasteiger partial charge in [-0.3, -0.25) is 13.9 Å². The number of ether oxygens (including phenoxy) is 2. The van der Waals surface area contributed by atoms with Crippen molar-refractivity contribution < 1.29 is 27.5 Å². The maximum atomic E-state index is 13.9. The van der Waals surface area contributed by atoms with Crippen molar-refractivity contribution in [2.45, 2.75) is 64.1 Å². The van der Waals surface area contributed by atoms with Gasteiger partial charge >= 0.3 is 0 Å². The van der Waals surface area contributed by atoms with Crippen LogP contribution in [0.15, 0.2) is 42.5 Å². The van der Waals surface area contributed by atoms with Crippen molar-refractivity contribution >= 4 is 39.1 Å². The van der Waals surface area contributed by atoms with Crippen molar-refractivity contribution in [1.29, 1.82) is 0 Å². The third kappa shape index (κ3) is 8.02. The number of methoxy groups -OCH3 is 2. The Morgan fingerprint density at radius 3 is 2.36 bits per heavy atom. The lowest BCUT2D eigenvalue weighted by molar-refractivity contribution is -0.140. The van der Waals surface area contributed by atoms with Crippen LogP contribution in [0.3, 0.4) is 0 Å². The van der Waals surface area contributed by atoms with Gasteiger partial charge in [0.2, 0.25) is 21.8 Å². The molecule has 0 bridgehead atoms. The highest BCUT2D eigenvalue weighted by Crippen LogP contribution is 2.34. The first-order valence-electron chi connectivity index (χ1n) is 13.1. The van der Waals surface area contributed by atoms with Gasteiger partial charge in [-0.25, -0.2) is 8.42 Å². The number of halogens is 1. The first-order chi connectivity index (χ1) is 18.6. The van der Waals surface area contributed by atoms with E-state index in [1.54, 1.807) is 36.4 Å². The summed E-state index contributed by atoms with van der Waals surface area (Å²) in [6, 6.07) is 11.0. The van der Waals surface area contributed by atoms with Crippen molar-refractivity contribution in [3.8, 4) is 11.5 Å². The first kappa shape index (κ1) is 30.6. The van der Waals surface area contributed by atoms with Crippen LogP contribution in [0.1, 0.15) is 51.0 Å². The number of nitrogens with zero attached hydrogens (tertiary/aromatic N) is 2. The molecule has 1 aliphatic carbocycles. The minimum atomic E-state index is -3.92. The highest BCUT2D eigenvalue weighted by Gasteiger charge is 2.34. The zero-order chi connectivity index (χ0) is 28.6. The Morgan fingerprint density at radius 1 is 1.08 bits per heavy atom. The maximum absolute atomic E-state index is 13.9. The van der Waals surface area contributed by atoms with Crippen molar-refractivity contribution in [1.82, 2.24) is 10.2 Å². The zero-order valence-corrected chi connectivity index (χ0v) is 24.6. The molecule has 0 aliphatic heterocycles. The number of hydrogen-bond acceptors (Lipinski definition) is 6. The molecule has 1 aliphatic rings. The molecule has 0 heterocycles. The summed E-state index contributed by atoms with van der Waals surface area (Å²) >= 11 is 6.43. The summed E-state index contributed by atoms with van der Waals surface area (Å²) in [6.07, 6.45) is 6.43. The topological polar surface area (TPSA) is 105 Å². The number of nitrogens with one attached hydrogen (secondary N) is 1. The van der Waals surface area contributed by atoms with E-state index in [2.05, 4.69) is 5.32 Å². The molecule has 2 aromatic carbocycles. The average molecular weight is 580 g/mol. The van der Waals surface area contributed by atoms with Crippen molar-refractivity contribution in [2.24, 2.45) is 0 Å². The Morgan fingerprint density at radius 2 is 1.77 bits per heavy atom. The molecule has 1 unspecified atom stereocenters. The average Bonchev–Trinajstić information content (AvgIpc) is 2.92. The number of amides is 2. The monoisotopic (exact) mass is 579 g/mol. The highest BCUT2D eigenvalue weighted by molar-refractivity contribution is 7.92. The summed E-state index contributed by atoms with van der Waals surface area (Å²) in [7, 11) is -1.02. The van der Waals surface area contributed by atoms with Gasteiger partial charge in [-0.15, -0.1) is 0 Å². The lowest BCUT2D eigenvalue weighted by Gasteiger charge is -2.34. The molecule has 2 aromatic rings. The quantitative estimate of drug-likeness (QED) is 0.400. The number of carbonyl (C=O) groups excluding carboxylic acids is 2. The van der Waals surface area contributed by atoms with Crippen LogP contribution in [-0.4, -0.2) is 64.2 Å². The van der Waals surface area contributed by atoms with Gasteiger partial charge in [-0.2, -0.15) is 0 Å². The van der Waals surface area contributed by atoms with Crippen LogP contribution in [-0.2, 0) is 26.2 Å². The van der Waals surface area contributed by atoms with Gasteiger partial charge in [0.05, 0.1) is 26.2 Å². The fraction of sp³-hybridized carbons (Fsp3) is 0.500. The first-order valence-corrected chi connectivity index (χ1v) is 15.3. The molecule has 3 rings (SSSR count). The summed E-state index contributed by atoms with van der Waals surface area (Å²) in [5.41, 5.74) is 0.843. The maximum Gasteiger partial charge on any atom is 0.244 e. The van der Waals surface area contributed by atoms with Crippen LogP contribution in [0.5, 0.6) is 11.5 Å². The van der Waals surface area contributed by atoms with Crippen molar-refractivity contribution in [3.05, 3.63) is 53.1 Å². The van der Waals surface area contributed by atoms with E-state index in [1.165, 1.54) is 25.2 Å². The number of benzene rings is 2. The van der Waals surface area contributed by atoms with Gasteiger partial charge in [-0.05, 0) is 43.0 Å². The Hall–Kier alpha value is -2.98. The SMILES string of the molecule is CCC(C(=O)NC1CCCCC1)N(Cc1ccccc1Cl)C(=O)CN(c1ccc(OC)cc1OC)S(C)(=O)=O. The molecule has 1 N–H and O–H groups in total. The summed E-state index contributed by atoms with van der Waals surface area (Å²) in [5.74, 6) is -0.0879. The van der Waals surface area contributed by atoms with Gasteiger partial charge in [0.15, 0.2) is 0 Å². The van der Waals surface area contributed by atoms with Gasteiger partial charge < -0.3 is 19.7 Å². The van der Waals surface area contributed by atoms with Crippen LogP contribution < -0.4 is 19.1 Å². The number of sulfonamides is 1. The Balaban J connectivity index is 1.97. The molecule has 11 heteroatoms. The molecular formula is C28H38ClN3O6S. The number of anilines is 1. The minimum Gasteiger partial charge on any atom is -0.497 e. The van der Waals surface area contributed by atoms with Gasteiger partial charge in [0.1, 0.15) is 24.1 Å². The fourth-order valence-electron chi connectivity index (χ4n) is 4.86. The second-order valence-corrected chi connectivity index (χ2v) is 12.0. The minimum absolute atomic E-state index is 0.0481. The highest BCUT2D eigenvalue weighted by atomic mass is 35.5. The molecule has 1 saturated carbocycles. The van der Waals surface area contributed by atoms with E-state index in [0.29, 0.717) is 22.8 Å². The number of carbonyl (C=O) groups is 2. The predicted molar refractivity (Wildman–Crippen MR) is 153 cm³/mol. The molecule has 9 nitrogen and oxygen atoms in total. The molecule has 0 aromatic heterocycles. The summed E-state index contributed by atoms with van der Waals surface area (Å²) in [5, 5.41) is 3.57. The Bertz CT molecular complexity index is 1250. The molecule has 39 heavy (non-hydrogen) atoms. The number of hydrogen-bond donors (Lipinski definition) is 1. The summed E-state index contributed by atoms with van der Waals surface area (Å²) < 4.78 is 37.5. The molecule has 214 valence electrons. The fourth-order valence-corrected chi connectivity index (χ4v) is 5.91.